The van der Waals surface area contributed by atoms with Gasteiger partial charge in [0.2, 0.25) is 0 Å². The minimum atomic E-state index is 0.183. The molecule has 1 aromatic rings. The number of aryl methyl sites for hydroxylation is 1. The van der Waals surface area contributed by atoms with Gasteiger partial charge in [0.05, 0.1) is 5.69 Å². The fraction of sp³-hybridized carbons (Fsp3) is 0.786. The molecule has 0 bridgehead atoms. The smallest absolute Gasteiger partial charge is 0.0640 e. The van der Waals surface area contributed by atoms with Gasteiger partial charge in [-0.05, 0) is 52.9 Å². The van der Waals surface area contributed by atoms with Crippen LogP contribution in [0, 0.1) is 0 Å². The van der Waals surface area contributed by atoms with Gasteiger partial charge in [0, 0.05) is 31.2 Å². The lowest BCUT2D eigenvalue weighted by Gasteiger charge is -2.42. The van der Waals surface area contributed by atoms with E-state index in [1.165, 1.54) is 31.6 Å². The first-order chi connectivity index (χ1) is 8.54. The molecule has 4 nitrogen and oxygen atoms in total. The Kier molecular flexibility index (Phi) is 4.07. The van der Waals surface area contributed by atoms with Crippen molar-refractivity contribution in [3.8, 4) is 0 Å². The summed E-state index contributed by atoms with van der Waals surface area (Å²) in [5, 5.41) is 7.98. The van der Waals surface area contributed by atoms with Gasteiger partial charge in [-0.25, -0.2) is 0 Å². The number of likely N-dealkylation sites (tertiary alicyclic amines) is 1. The Morgan fingerprint density at radius 3 is 2.56 bits per heavy atom. The SMILES string of the molecule is CNC(Cc1ccn(C)n1)C(C)(C)N1CCCC1. The van der Waals surface area contributed by atoms with Gasteiger partial charge in [-0.1, -0.05) is 0 Å². The Morgan fingerprint density at radius 2 is 2.06 bits per heavy atom. The number of hydrogen-bond donors (Lipinski definition) is 1. The quantitative estimate of drug-likeness (QED) is 0.858. The highest BCUT2D eigenvalue weighted by molar-refractivity contribution is 5.06. The number of rotatable bonds is 5. The summed E-state index contributed by atoms with van der Waals surface area (Å²) in [7, 11) is 4.04. The molecule has 0 saturated carbocycles. The van der Waals surface area contributed by atoms with Crippen molar-refractivity contribution in [1.29, 1.82) is 0 Å². The third-order valence-corrected chi connectivity index (χ3v) is 4.30. The van der Waals surface area contributed by atoms with Gasteiger partial charge in [0.1, 0.15) is 0 Å². The second-order valence-electron chi connectivity index (χ2n) is 5.87. The van der Waals surface area contributed by atoms with Crippen LogP contribution in [0.3, 0.4) is 0 Å². The van der Waals surface area contributed by atoms with Crippen LogP contribution in [0.2, 0.25) is 0 Å². The third-order valence-electron chi connectivity index (χ3n) is 4.30. The van der Waals surface area contributed by atoms with E-state index in [0.29, 0.717) is 6.04 Å². The van der Waals surface area contributed by atoms with Crippen molar-refractivity contribution in [2.24, 2.45) is 7.05 Å². The molecule has 1 aliphatic rings. The summed E-state index contributed by atoms with van der Waals surface area (Å²) in [5.74, 6) is 0. The molecule has 1 aliphatic heterocycles. The molecule has 0 aromatic carbocycles. The number of likely N-dealkylation sites (N-methyl/N-ethyl adjacent to an activating group) is 1. The highest BCUT2D eigenvalue weighted by atomic mass is 15.3. The van der Waals surface area contributed by atoms with Crippen molar-refractivity contribution in [3.63, 3.8) is 0 Å². The first-order valence-electron chi connectivity index (χ1n) is 6.95. The van der Waals surface area contributed by atoms with Crippen molar-refractivity contribution in [3.05, 3.63) is 18.0 Å². The van der Waals surface area contributed by atoms with E-state index in [9.17, 15) is 0 Å². The van der Waals surface area contributed by atoms with Crippen LogP contribution in [-0.4, -0.2) is 46.4 Å². The molecule has 1 fully saturated rings. The third kappa shape index (κ3) is 2.75. The Labute approximate surface area is 110 Å². The largest absolute Gasteiger partial charge is 0.315 e. The summed E-state index contributed by atoms with van der Waals surface area (Å²) >= 11 is 0. The van der Waals surface area contributed by atoms with Gasteiger partial charge >= 0.3 is 0 Å². The molecule has 1 atom stereocenters. The first-order valence-corrected chi connectivity index (χ1v) is 6.95. The average molecular weight is 250 g/mol. The van der Waals surface area contributed by atoms with Crippen LogP contribution < -0.4 is 5.32 Å². The Hall–Kier alpha value is -0.870. The molecule has 0 radical (unpaired) electrons. The van der Waals surface area contributed by atoms with E-state index in [1.807, 2.05) is 17.9 Å². The predicted molar refractivity (Wildman–Crippen MR) is 74.6 cm³/mol. The maximum atomic E-state index is 4.50. The molecule has 1 saturated heterocycles. The fourth-order valence-corrected chi connectivity index (χ4v) is 3.00. The molecule has 2 rings (SSSR count). The molecule has 1 aromatic heterocycles. The molecule has 1 unspecified atom stereocenters. The zero-order valence-corrected chi connectivity index (χ0v) is 12.1. The van der Waals surface area contributed by atoms with Crippen molar-refractivity contribution in [2.45, 2.75) is 44.7 Å². The summed E-state index contributed by atoms with van der Waals surface area (Å²) in [4.78, 5) is 2.61. The lowest BCUT2D eigenvalue weighted by molar-refractivity contribution is 0.109. The van der Waals surface area contributed by atoms with E-state index in [-0.39, 0.29) is 5.54 Å². The molecule has 0 aliphatic carbocycles. The van der Waals surface area contributed by atoms with Crippen molar-refractivity contribution in [1.82, 2.24) is 20.0 Å². The van der Waals surface area contributed by atoms with E-state index in [4.69, 9.17) is 0 Å². The van der Waals surface area contributed by atoms with Gasteiger partial charge in [-0.3, -0.25) is 9.58 Å². The van der Waals surface area contributed by atoms with Crippen LogP contribution in [0.25, 0.3) is 0 Å². The minimum Gasteiger partial charge on any atom is -0.315 e. The fourth-order valence-electron chi connectivity index (χ4n) is 3.00. The Morgan fingerprint density at radius 1 is 1.39 bits per heavy atom. The second kappa shape index (κ2) is 5.41. The predicted octanol–water partition coefficient (Wildman–Crippen LogP) is 1.42. The standard InChI is InChI=1S/C14H26N4/c1-14(2,18-8-5-6-9-18)13(15-3)11-12-7-10-17(4)16-12/h7,10,13,15H,5-6,8-9,11H2,1-4H3. The van der Waals surface area contributed by atoms with Crippen molar-refractivity contribution < 1.29 is 0 Å². The van der Waals surface area contributed by atoms with Crippen LogP contribution in [0.15, 0.2) is 12.3 Å². The molecule has 1 N–H and O–H groups in total. The highest BCUT2D eigenvalue weighted by Gasteiger charge is 2.36. The van der Waals surface area contributed by atoms with E-state index in [2.05, 4.69) is 42.3 Å². The first kappa shape index (κ1) is 13.6. The van der Waals surface area contributed by atoms with Gasteiger partial charge < -0.3 is 5.32 Å². The van der Waals surface area contributed by atoms with Crippen LogP contribution in [-0.2, 0) is 13.5 Å². The van der Waals surface area contributed by atoms with Crippen molar-refractivity contribution in [2.75, 3.05) is 20.1 Å². The normalized spacial score (nSPS) is 19.3. The summed E-state index contributed by atoms with van der Waals surface area (Å²) < 4.78 is 1.88. The van der Waals surface area contributed by atoms with Gasteiger partial charge in [0.15, 0.2) is 0 Å². The average Bonchev–Trinajstić information content (AvgIpc) is 2.96. The molecular formula is C14H26N4. The molecule has 18 heavy (non-hydrogen) atoms. The zero-order chi connectivity index (χ0) is 13.2. The molecule has 102 valence electrons. The van der Waals surface area contributed by atoms with Crippen molar-refractivity contribution >= 4 is 0 Å². The van der Waals surface area contributed by atoms with E-state index < -0.39 is 0 Å². The maximum Gasteiger partial charge on any atom is 0.0640 e. The van der Waals surface area contributed by atoms with Crippen LogP contribution in [0.4, 0.5) is 0 Å². The lowest BCUT2D eigenvalue weighted by Crippen LogP contribution is -2.57. The summed E-state index contributed by atoms with van der Waals surface area (Å²) in [6.07, 6.45) is 5.68. The maximum absolute atomic E-state index is 4.50. The van der Waals surface area contributed by atoms with E-state index in [0.717, 1.165) is 6.42 Å². The number of nitrogens with one attached hydrogen (secondary N) is 1. The second-order valence-corrected chi connectivity index (χ2v) is 5.87. The monoisotopic (exact) mass is 250 g/mol. The lowest BCUT2D eigenvalue weighted by atomic mass is 9.89. The van der Waals surface area contributed by atoms with Crippen LogP contribution in [0.1, 0.15) is 32.4 Å². The molecule has 0 amide bonds. The number of aromatic nitrogens is 2. The van der Waals surface area contributed by atoms with Crippen LogP contribution in [0.5, 0.6) is 0 Å². The Balaban J connectivity index is 2.06. The topological polar surface area (TPSA) is 33.1 Å². The van der Waals surface area contributed by atoms with Gasteiger partial charge in [-0.15, -0.1) is 0 Å². The number of nitrogens with zero attached hydrogens (tertiary/aromatic N) is 3. The van der Waals surface area contributed by atoms with E-state index >= 15 is 0 Å². The summed E-state index contributed by atoms with van der Waals surface area (Å²) in [5.41, 5.74) is 1.35. The molecule has 2 heterocycles. The Bertz CT molecular complexity index is 377. The minimum absolute atomic E-state index is 0.183. The molecular weight excluding hydrogens is 224 g/mol. The van der Waals surface area contributed by atoms with Gasteiger partial charge in [-0.2, -0.15) is 5.10 Å². The molecule has 0 spiro atoms. The molecule has 4 heteroatoms. The number of hydrogen-bond acceptors (Lipinski definition) is 3. The highest BCUT2D eigenvalue weighted by Crippen LogP contribution is 2.25. The summed E-state index contributed by atoms with van der Waals surface area (Å²) in [6, 6.07) is 2.55. The summed E-state index contributed by atoms with van der Waals surface area (Å²) in [6.45, 7) is 7.16. The van der Waals surface area contributed by atoms with Crippen LogP contribution >= 0.6 is 0 Å². The van der Waals surface area contributed by atoms with E-state index in [1.54, 1.807) is 0 Å². The van der Waals surface area contributed by atoms with Gasteiger partial charge in [0.25, 0.3) is 0 Å². The zero-order valence-electron chi connectivity index (χ0n) is 12.1.